The van der Waals surface area contributed by atoms with E-state index in [2.05, 4.69) is 18.7 Å². The fraction of sp³-hybridized carbons (Fsp3) is 1.00. The van der Waals surface area contributed by atoms with Crippen LogP contribution in [-0.2, 0) is 0 Å². The molecule has 88 valence electrons. The van der Waals surface area contributed by atoms with Crippen LogP contribution in [-0.4, -0.2) is 35.2 Å². The Morgan fingerprint density at radius 3 is 2.60 bits per heavy atom. The molecular formula is C13H25NO. The van der Waals surface area contributed by atoms with Gasteiger partial charge < -0.3 is 5.11 Å². The van der Waals surface area contributed by atoms with Gasteiger partial charge in [0, 0.05) is 12.6 Å². The monoisotopic (exact) mass is 211 g/mol. The van der Waals surface area contributed by atoms with Crippen LogP contribution in [0.25, 0.3) is 0 Å². The first-order valence-electron chi connectivity index (χ1n) is 6.60. The lowest BCUT2D eigenvalue weighted by molar-refractivity contribution is 0.0899. The molecule has 0 spiro atoms. The lowest BCUT2D eigenvalue weighted by Crippen LogP contribution is -2.38. The summed E-state index contributed by atoms with van der Waals surface area (Å²) in [6, 6.07) is 0.776. The molecule has 0 radical (unpaired) electrons. The maximum absolute atomic E-state index is 9.85. The van der Waals surface area contributed by atoms with E-state index in [4.69, 9.17) is 0 Å². The molecule has 3 atom stereocenters. The van der Waals surface area contributed by atoms with E-state index in [0.717, 1.165) is 24.9 Å². The molecule has 1 N–H and O–H groups in total. The van der Waals surface area contributed by atoms with Crippen molar-refractivity contribution in [1.29, 1.82) is 0 Å². The van der Waals surface area contributed by atoms with Gasteiger partial charge in [-0.15, -0.1) is 0 Å². The second-order valence-electron chi connectivity index (χ2n) is 5.71. The van der Waals surface area contributed by atoms with E-state index >= 15 is 0 Å². The summed E-state index contributed by atoms with van der Waals surface area (Å²) in [4.78, 5) is 2.63. The normalized spacial score (nSPS) is 38.0. The average Bonchev–Trinajstić information content (AvgIpc) is 2.77. The molecule has 0 aromatic rings. The van der Waals surface area contributed by atoms with Crippen molar-refractivity contribution in [2.24, 2.45) is 11.8 Å². The third-order valence-corrected chi connectivity index (χ3v) is 4.27. The third kappa shape index (κ3) is 2.54. The van der Waals surface area contributed by atoms with E-state index in [9.17, 15) is 5.11 Å². The van der Waals surface area contributed by atoms with Crippen LogP contribution in [0.3, 0.4) is 0 Å². The first-order valence-corrected chi connectivity index (χ1v) is 6.60. The minimum atomic E-state index is -0.0154. The predicted molar refractivity (Wildman–Crippen MR) is 62.8 cm³/mol. The summed E-state index contributed by atoms with van der Waals surface area (Å²) in [6.45, 7) is 7.05. The summed E-state index contributed by atoms with van der Waals surface area (Å²) in [5, 5.41) is 9.85. The molecule has 2 heteroatoms. The van der Waals surface area contributed by atoms with Gasteiger partial charge in [0.05, 0.1) is 6.10 Å². The third-order valence-electron chi connectivity index (χ3n) is 4.27. The van der Waals surface area contributed by atoms with Crippen LogP contribution < -0.4 is 0 Å². The number of likely N-dealkylation sites (tertiary alicyclic amines) is 1. The van der Waals surface area contributed by atoms with E-state index in [-0.39, 0.29) is 6.10 Å². The van der Waals surface area contributed by atoms with Crippen molar-refractivity contribution in [3.05, 3.63) is 0 Å². The number of nitrogens with zero attached hydrogens (tertiary/aromatic N) is 1. The van der Waals surface area contributed by atoms with Gasteiger partial charge in [-0.2, -0.15) is 0 Å². The van der Waals surface area contributed by atoms with Crippen LogP contribution in [0.5, 0.6) is 0 Å². The Morgan fingerprint density at radius 2 is 2.00 bits per heavy atom. The molecule has 0 bridgehead atoms. The maximum atomic E-state index is 9.85. The number of rotatable bonds is 3. The molecule has 0 aromatic heterocycles. The first-order chi connectivity index (χ1) is 7.18. The number of aliphatic hydroxyl groups excluding tert-OH is 1. The summed E-state index contributed by atoms with van der Waals surface area (Å²) in [6.07, 6.45) is 6.20. The minimum Gasteiger partial charge on any atom is -0.393 e. The van der Waals surface area contributed by atoms with Gasteiger partial charge in [0.1, 0.15) is 0 Å². The quantitative estimate of drug-likeness (QED) is 0.774. The molecule has 1 aliphatic heterocycles. The van der Waals surface area contributed by atoms with Crippen LogP contribution in [0.1, 0.15) is 46.0 Å². The summed E-state index contributed by atoms with van der Waals surface area (Å²) < 4.78 is 0. The standard InChI is InChI=1S/C13H25NO/c1-10(2)12-6-4-8-14(12)9-11-5-3-7-13(11)15/h10-13,15H,3-9H2,1-2H3. The second-order valence-corrected chi connectivity index (χ2v) is 5.71. The predicted octanol–water partition coefficient (Wildman–Crippen LogP) is 2.27. The van der Waals surface area contributed by atoms with Crippen molar-refractivity contribution >= 4 is 0 Å². The van der Waals surface area contributed by atoms with Crippen molar-refractivity contribution in [1.82, 2.24) is 4.90 Å². The molecule has 2 rings (SSSR count). The zero-order chi connectivity index (χ0) is 10.8. The average molecular weight is 211 g/mol. The van der Waals surface area contributed by atoms with Crippen molar-refractivity contribution in [2.75, 3.05) is 13.1 Å². The van der Waals surface area contributed by atoms with Gasteiger partial charge in [0.25, 0.3) is 0 Å². The summed E-state index contributed by atoms with van der Waals surface area (Å²) in [7, 11) is 0. The fourth-order valence-electron chi connectivity index (χ4n) is 3.37. The highest BCUT2D eigenvalue weighted by atomic mass is 16.3. The Labute approximate surface area is 93.7 Å². The Morgan fingerprint density at radius 1 is 1.20 bits per heavy atom. The topological polar surface area (TPSA) is 23.5 Å². The molecule has 1 aliphatic carbocycles. The lowest BCUT2D eigenvalue weighted by atomic mass is 9.99. The van der Waals surface area contributed by atoms with Crippen molar-refractivity contribution < 1.29 is 5.11 Å². The Kier molecular flexibility index (Phi) is 3.68. The summed E-state index contributed by atoms with van der Waals surface area (Å²) in [5.41, 5.74) is 0. The molecule has 2 nitrogen and oxygen atoms in total. The summed E-state index contributed by atoms with van der Waals surface area (Å²) in [5.74, 6) is 1.33. The van der Waals surface area contributed by atoms with Gasteiger partial charge >= 0.3 is 0 Å². The number of aliphatic hydroxyl groups is 1. The molecule has 15 heavy (non-hydrogen) atoms. The second kappa shape index (κ2) is 4.84. The molecule has 0 amide bonds. The van der Waals surface area contributed by atoms with Crippen molar-refractivity contribution in [3.63, 3.8) is 0 Å². The van der Waals surface area contributed by atoms with Crippen LogP contribution in [0.15, 0.2) is 0 Å². The Hall–Kier alpha value is -0.0800. The van der Waals surface area contributed by atoms with Crippen molar-refractivity contribution in [2.45, 2.75) is 58.1 Å². The van der Waals surface area contributed by atoms with Gasteiger partial charge in [-0.3, -0.25) is 4.90 Å². The van der Waals surface area contributed by atoms with Crippen molar-refractivity contribution in [3.8, 4) is 0 Å². The lowest BCUT2D eigenvalue weighted by Gasteiger charge is -2.30. The van der Waals surface area contributed by atoms with E-state index in [1.54, 1.807) is 0 Å². The Balaban J connectivity index is 1.87. The van der Waals surface area contributed by atoms with E-state index < -0.39 is 0 Å². The van der Waals surface area contributed by atoms with E-state index in [1.807, 2.05) is 0 Å². The first kappa shape index (κ1) is 11.4. The highest BCUT2D eigenvalue weighted by molar-refractivity contribution is 4.86. The molecule has 2 fully saturated rings. The zero-order valence-corrected chi connectivity index (χ0v) is 10.2. The highest BCUT2D eigenvalue weighted by Crippen LogP contribution is 2.30. The molecule has 3 unspecified atom stereocenters. The van der Waals surface area contributed by atoms with E-state index in [1.165, 1.54) is 32.2 Å². The smallest absolute Gasteiger partial charge is 0.0580 e. The van der Waals surface area contributed by atoms with Gasteiger partial charge in [0.15, 0.2) is 0 Å². The van der Waals surface area contributed by atoms with Crippen LogP contribution in [0.4, 0.5) is 0 Å². The van der Waals surface area contributed by atoms with E-state index in [0.29, 0.717) is 5.92 Å². The molecule has 1 saturated heterocycles. The van der Waals surface area contributed by atoms with Gasteiger partial charge in [-0.25, -0.2) is 0 Å². The minimum absolute atomic E-state index is 0.0154. The fourth-order valence-corrected chi connectivity index (χ4v) is 3.37. The molecule has 2 aliphatic rings. The van der Waals surface area contributed by atoms with Crippen LogP contribution in [0, 0.1) is 11.8 Å². The number of hydrogen-bond acceptors (Lipinski definition) is 2. The maximum Gasteiger partial charge on any atom is 0.0580 e. The largest absolute Gasteiger partial charge is 0.393 e. The van der Waals surface area contributed by atoms with Gasteiger partial charge in [0.2, 0.25) is 0 Å². The van der Waals surface area contributed by atoms with Gasteiger partial charge in [-0.05, 0) is 44.1 Å². The summed E-state index contributed by atoms with van der Waals surface area (Å²) >= 11 is 0. The SMILES string of the molecule is CC(C)C1CCCN1CC1CCCC1O. The molecule has 0 aromatic carbocycles. The highest BCUT2D eigenvalue weighted by Gasteiger charge is 2.32. The molecule has 1 heterocycles. The van der Waals surface area contributed by atoms with Crippen LogP contribution >= 0.6 is 0 Å². The zero-order valence-electron chi connectivity index (χ0n) is 10.2. The number of hydrogen-bond donors (Lipinski definition) is 1. The van der Waals surface area contributed by atoms with Crippen LogP contribution in [0.2, 0.25) is 0 Å². The Bertz CT molecular complexity index is 205. The molecular weight excluding hydrogens is 186 g/mol. The van der Waals surface area contributed by atoms with Gasteiger partial charge in [-0.1, -0.05) is 20.3 Å². The molecule has 1 saturated carbocycles.